The van der Waals surface area contributed by atoms with Crippen LogP contribution in [-0.2, 0) is 4.79 Å². The third-order valence-electron chi connectivity index (χ3n) is 2.76. The summed E-state index contributed by atoms with van der Waals surface area (Å²) < 4.78 is 0. The highest BCUT2D eigenvalue weighted by Crippen LogP contribution is 2.07. The number of hydrogen-bond donors (Lipinski definition) is 2. The topological polar surface area (TPSA) is 58.4 Å². The van der Waals surface area contributed by atoms with Crippen molar-refractivity contribution in [2.24, 2.45) is 5.73 Å². The van der Waals surface area contributed by atoms with Crippen LogP contribution in [0.4, 0.5) is 0 Å². The number of nitrogens with one attached hydrogen (secondary N) is 1. The Morgan fingerprint density at radius 3 is 3.07 bits per heavy atom. The van der Waals surface area contributed by atoms with Gasteiger partial charge >= 0.3 is 0 Å². The minimum Gasteiger partial charge on any atom is -0.355 e. The van der Waals surface area contributed by atoms with Gasteiger partial charge in [-0.3, -0.25) is 9.69 Å². The SMILES string of the molecule is CCCCNC(=O)CN1CCC[C@H](N)C1. The number of piperidine rings is 1. The lowest BCUT2D eigenvalue weighted by Gasteiger charge is -2.29. The first kappa shape index (κ1) is 12.5. The number of nitrogens with two attached hydrogens (primary N) is 1. The van der Waals surface area contributed by atoms with Crippen LogP contribution in [0.15, 0.2) is 0 Å². The molecule has 1 aliphatic heterocycles. The molecule has 15 heavy (non-hydrogen) atoms. The molecule has 88 valence electrons. The van der Waals surface area contributed by atoms with Gasteiger partial charge in [-0.2, -0.15) is 0 Å². The van der Waals surface area contributed by atoms with Crippen molar-refractivity contribution in [1.29, 1.82) is 0 Å². The van der Waals surface area contributed by atoms with Gasteiger partial charge in [0.1, 0.15) is 0 Å². The van der Waals surface area contributed by atoms with Gasteiger partial charge in [-0.05, 0) is 25.8 Å². The Labute approximate surface area is 92.2 Å². The van der Waals surface area contributed by atoms with Gasteiger partial charge < -0.3 is 11.1 Å². The summed E-state index contributed by atoms with van der Waals surface area (Å²) in [6, 6.07) is 0.252. The number of nitrogens with zero attached hydrogens (tertiary/aromatic N) is 1. The van der Waals surface area contributed by atoms with Gasteiger partial charge in [0.05, 0.1) is 6.54 Å². The van der Waals surface area contributed by atoms with Gasteiger partial charge in [0, 0.05) is 19.1 Å². The van der Waals surface area contributed by atoms with Gasteiger partial charge in [-0.25, -0.2) is 0 Å². The maximum atomic E-state index is 11.5. The summed E-state index contributed by atoms with van der Waals surface area (Å²) in [5.74, 6) is 0.137. The molecule has 0 spiro atoms. The normalized spacial score (nSPS) is 22.7. The molecule has 1 rings (SSSR count). The van der Waals surface area contributed by atoms with E-state index in [1.165, 1.54) is 0 Å². The molecule has 0 aliphatic carbocycles. The smallest absolute Gasteiger partial charge is 0.234 e. The van der Waals surface area contributed by atoms with Gasteiger partial charge in [-0.1, -0.05) is 13.3 Å². The van der Waals surface area contributed by atoms with E-state index in [1.54, 1.807) is 0 Å². The molecule has 4 heteroatoms. The molecule has 0 aromatic heterocycles. The number of rotatable bonds is 5. The van der Waals surface area contributed by atoms with E-state index in [-0.39, 0.29) is 11.9 Å². The van der Waals surface area contributed by atoms with Gasteiger partial charge in [0.2, 0.25) is 5.91 Å². The van der Waals surface area contributed by atoms with Crippen molar-refractivity contribution in [2.45, 2.75) is 38.6 Å². The summed E-state index contributed by atoms with van der Waals surface area (Å²) in [6.07, 6.45) is 4.39. The molecule has 1 amide bonds. The summed E-state index contributed by atoms with van der Waals surface area (Å²) in [5.41, 5.74) is 5.85. The molecule has 0 aromatic rings. The Bertz CT molecular complexity index is 196. The van der Waals surface area contributed by atoms with Crippen LogP contribution in [0.3, 0.4) is 0 Å². The monoisotopic (exact) mass is 213 g/mol. The quantitative estimate of drug-likeness (QED) is 0.647. The predicted molar refractivity (Wildman–Crippen MR) is 61.6 cm³/mol. The second kappa shape index (κ2) is 6.80. The second-order valence-corrected chi connectivity index (χ2v) is 4.34. The largest absolute Gasteiger partial charge is 0.355 e. The van der Waals surface area contributed by atoms with E-state index >= 15 is 0 Å². The molecule has 1 aliphatic rings. The lowest BCUT2D eigenvalue weighted by atomic mass is 10.1. The molecule has 1 heterocycles. The van der Waals surface area contributed by atoms with Gasteiger partial charge in [0.15, 0.2) is 0 Å². The summed E-state index contributed by atoms with van der Waals surface area (Å²) in [4.78, 5) is 13.6. The highest BCUT2D eigenvalue weighted by Gasteiger charge is 2.18. The highest BCUT2D eigenvalue weighted by molar-refractivity contribution is 5.77. The van der Waals surface area contributed by atoms with Crippen molar-refractivity contribution in [2.75, 3.05) is 26.2 Å². The summed E-state index contributed by atoms with van der Waals surface area (Å²) >= 11 is 0. The lowest BCUT2D eigenvalue weighted by molar-refractivity contribution is -0.122. The Hall–Kier alpha value is -0.610. The molecule has 0 saturated carbocycles. The van der Waals surface area contributed by atoms with Crippen molar-refractivity contribution in [1.82, 2.24) is 10.2 Å². The van der Waals surface area contributed by atoms with Crippen molar-refractivity contribution in [3.8, 4) is 0 Å². The Kier molecular flexibility index (Phi) is 5.65. The van der Waals surface area contributed by atoms with E-state index in [0.717, 1.165) is 45.3 Å². The number of unbranched alkanes of at least 4 members (excludes halogenated alkanes) is 1. The molecule has 0 radical (unpaired) electrons. The molecule has 1 saturated heterocycles. The molecule has 0 unspecified atom stereocenters. The van der Waals surface area contributed by atoms with Crippen LogP contribution < -0.4 is 11.1 Å². The molecule has 0 bridgehead atoms. The van der Waals surface area contributed by atoms with Crippen LogP contribution >= 0.6 is 0 Å². The minimum absolute atomic E-state index is 0.137. The molecule has 1 fully saturated rings. The van der Waals surface area contributed by atoms with Crippen molar-refractivity contribution in [3.05, 3.63) is 0 Å². The van der Waals surface area contributed by atoms with E-state index < -0.39 is 0 Å². The van der Waals surface area contributed by atoms with Crippen LogP contribution in [0.2, 0.25) is 0 Å². The Morgan fingerprint density at radius 1 is 1.60 bits per heavy atom. The highest BCUT2D eigenvalue weighted by atomic mass is 16.2. The van der Waals surface area contributed by atoms with Crippen LogP contribution in [0.1, 0.15) is 32.6 Å². The number of likely N-dealkylation sites (tertiary alicyclic amines) is 1. The first-order chi connectivity index (χ1) is 7.22. The second-order valence-electron chi connectivity index (χ2n) is 4.34. The Morgan fingerprint density at radius 2 is 2.40 bits per heavy atom. The number of amides is 1. The van der Waals surface area contributed by atoms with Crippen LogP contribution in [-0.4, -0.2) is 43.0 Å². The lowest BCUT2D eigenvalue weighted by Crippen LogP contribution is -2.47. The van der Waals surface area contributed by atoms with Crippen molar-refractivity contribution >= 4 is 5.91 Å². The van der Waals surface area contributed by atoms with Crippen LogP contribution in [0.25, 0.3) is 0 Å². The van der Waals surface area contributed by atoms with Crippen LogP contribution in [0.5, 0.6) is 0 Å². The fraction of sp³-hybridized carbons (Fsp3) is 0.909. The van der Waals surface area contributed by atoms with Crippen LogP contribution in [0, 0.1) is 0 Å². The fourth-order valence-corrected chi connectivity index (χ4v) is 1.90. The third-order valence-corrected chi connectivity index (χ3v) is 2.76. The number of carbonyl (C=O) groups excluding carboxylic acids is 1. The van der Waals surface area contributed by atoms with E-state index in [2.05, 4.69) is 17.1 Å². The number of carbonyl (C=O) groups is 1. The van der Waals surface area contributed by atoms with E-state index in [0.29, 0.717) is 6.54 Å². The Balaban J connectivity index is 2.13. The predicted octanol–water partition coefficient (Wildman–Crippen LogP) is 0.326. The zero-order chi connectivity index (χ0) is 11.1. The summed E-state index contributed by atoms with van der Waals surface area (Å²) in [5, 5.41) is 2.92. The van der Waals surface area contributed by atoms with E-state index in [4.69, 9.17) is 5.73 Å². The molecular weight excluding hydrogens is 190 g/mol. The maximum absolute atomic E-state index is 11.5. The molecule has 4 nitrogen and oxygen atoms in total. The third kappa shape index (κ3) is 5.14. The molecule has 3 N–H and O–H groups in total. The average Bonchev–Trinajstić information content (AvgIpc) is 2.18. The fourth-order valence-electron chi connectivity index (χ4n) is 1.90. The molecule has 0 aromatic carbocycles. The van der Waals surface area contributed by atoms with Gasteiger partial charge in [-0.15, -0.1) is 0 Å². The minimum atomic E-state index is 0.137. The van der Waals surface area contributed by atoms with Crippen molar-refractivity contribution in [3.63, 3.8) is 0 Å². The number of hydrogen-bond acceptors (Lipinski definition) is 3. The van der Waals surface area contributed by atoms with Crippen molar-refractivity contribution < 1.29 is 4.79 Å². The standard InChI is InChI=1S/C11H23N3O/c1-2-3-6-13-11(15)9-14-7-4-5-10(12)8-14/h10H,2-9,12H2,1H3,(H,13,15)/t10-/m0/s1. The zero-order valence-electron chi connectivity index (χ0n) is 9.67. The average molecular weight is 213 g/mol. The first-order valence-corrected chi connectivity index (χ1v) is 5.97. The van der Waals surface area contributed by atoms with E-state index in [1.807, 2.05) is 0 Å². The zero-order valence-corrected chi connectivity index (χ0v) is 9.67. The summed E-state index contributed by atoms with van der Waals surface area (Å²) in [7, 11) is 0. The first-order valence-electron chi connectivity index (χ1n) is 5.97. The molecule has 1 atom stereocenters. The molecular formula is C11H23N3O. The van der Waals surface area contributed by atoms with E-state index in [9.17, 15) is 4.79 Å². The maximum Gasteiger partial charge on any atom is 0.234 e. The summed E-state index contributed by atoms with van der Waals surface area (Å²) in [6.45, 7) is 5.30. The van der Waals surface area contributed by atoms with Gasteiger partial charge in [0.25, 0.3) is 0 Å².